The molecule has 142 valence electrons. The summed E-state index contributed by atoms with van der Waals surface area (Å²) in [5, 5.41) is 2.41. The van der Waals surface area contributed by atoms with Crippen LogP contribution in [0.5, 0.6) is 0 Å². The van der Waals surface area contributed by atoms with Gasteiger partial charge in [0.05, 0.1) is 30.0 Å². The average Bonchev–Trinajstić information content (AvgIpc) is 3.31. The van der Waals surface area contributed by atoms with Crippen molar-refractivity contribution >= 4 is 29.4 Å². The molecule has 1 aromatic rings. The second-order valence-corrected chi connectivity index (χ2v) is 6.78. The van der Waals surface area contributed by atoms with Crippen molar-refractivity contribution in [1.82, 2.24) is 5.32 Å². The maximum atomic E-state index is 13.0. The van der Waals surface area contributed by atoms with E-state index in [1.807, 2.05) is 0 Å². The van der Waals surface area contributed by atoms with E-state index in [1.165, 1.54) is 7.05 Å². The number of amides is 3. The third-order valence-electron chi connectivity index (χ3n) is 5.24. The lowest BCUT2D eigenvalue weighted by Crippen LogP contribution is -2.41. The van der Waals surface area contributed by atoms with Gasteiger partial charge in [0.2, 0.25) is 17.7 Å². The largest absolute Gasteiger partial charge is 0.459 e. The van der Waals surface area contributed by atoms with Gasteiger partial charge in [-0.05, 0) is 12.1 Å². The molecule has 3 saturated heterocycles. The molecule has 0 radical (unpaired) electrons. The first-order valence-corrected chi connectivity index (χ1v) is 8.84. The number of hydrogen-bond donors (Lipinski definition) is 1. The number of benzene rings is 1. The van der Waals surface area contributed by atoms with Gasteiger partial charge in [0.25, 0.3) is 0 Å². The Balaban J connectivity index is 1.50. The first-order valence-electron chi connectivity index (χ1n) is 9.42. The van der Waals surface area contributed by atoms with Gasteiger partial charge in [-0.25, -0.2) is 4.90 Å². The molecule has 3 amide bonds. The summed E-state index contributed by atoms with van der Waals surface area (Å²) in [6.07, 6.45) is -3.66. The maximum absolute atomic E-state index is 13.0. The van der Waals surface area contributed by atoms with E-state index in [9.17, 15) is 19.2 Å². The summed E-state index contributed by atoms with van der Waals surface area (Å²) >= 11 is 0. The molecular weight excluding hydrogens is 352 g/mol. The lowest BCUT2D eigenvalue weighted by Gasteiger charge is -2.25. The second-order valence-electron chi connectivity index (χ2n) is 6.78. The van der Waals surface area contributed by atoms with E-state index < -0.39 is 48.4 Å². The standard InChI is InChI=1S/C19H20N2O6/c1-20-13(22)7-8-14(23)26-12-9-11-15-16(17(12)27-11)19(25)21(18(15)24)10-5-3-2-4-6-10/h2-6,11-12,15-17H,7-9H2,1H3,(H,20,22)/i9D. The van der Waals surface area contributed by atoms with Crippen LogP contribution < -0.4 is 10.2 Å². The highest BCUT2D eigenvalue weighted by atomic mass is 16.6. The van der Waals surface area contributed by atoms with Crippen molar-refractivity contribution in [3.63, 3.8) is 0 Å². The molecule has 8 nitrogen and oxygen atoms in total. The van der Waals surface area contributed by atoms with Crippen LogP contribution in [-0.4, -0.2) is 49.1 Å². The van der Waals surface area contributed by atoms with Crippen molar-refractivity contribution in [3.8, 4) is 0 Å². The van der Waals surface area contributed by atoms with E-state index in [4.69, 9.17) is 10.8 Å². The zero-order valence-corrected chi connectivity index (χ0v) is 14.7. The monoisotopic (exact) mass is 373 g/mol. The van der Waals surface area contributed by atoms with Gasteiger partial charge >= 0.3 is 5.97 Å². The van der Waals surface area contributed by atoms with E-state index in [2.05, 4.69) is 5.32 Å². The number of nitrogens with one attached hydrogen (secondary N) is 1. The van der Waals surface area contributed by atoms with Crippen LogP contribution in [0, 0.1) is 11.8 Å². The van der Waals surface area contributed by atoms with Crippen molar-refractivity contribution in [2.75, 3.05) is 11.9 Å². The number of esters is 1. The summed E-state index contributed by atoms with van der Waals surface area (Å²) in [6, 6.07) is 8.61. The minimum Gasteiger partial charge on any atom is -0.459 e. The van der Waals surface area contributed by atoms with Gasteiger partial charge in [0.15, 0.2) is 0 Å². The Kier molecular flexibility index (Phi) is 4.12. The minimum atomic E-state index is -0.956. The van der Waals surface area contributed by atoms with Crippen molar-refractivity contribution in [3.05, 3.63) is 30.3 Å². The van der Waals surface area contributed by atoms with E-state index in [0.717, 1.165) is 4.90 Å². The van der Waals surface area contributed by atoms with Crippen molar-refractivity contribution < 1.29 is 30.0 Å². The molecule has 0 aromatic heterocycles. The highest BCUT2D eigenvalue weighted by Crippen LogP contribution is 2.50. The minimum absolute atomic E-state index is 0.0229. The van der Waals surface area contributed by atoms with Crippen LogP contribution in [0.25, 0.3) is 0 Å². The Bertz CT molecular complexity index is 831. The molecule has 6 unspecified atom stereocenters. The SMILES string of the molecule is [2H]C1C(OC(=O)CCC(=O)NC)C2OC1C1C(=O)N(c3ccccc3)C(=O)C21. The molecule has 3 fully saturated rings. The topological polar surface area (TPSA) is 102 Å². The number of para-hydroxylation sites is 1. The molecule has 2 bridgehead atoms. The summed E-state index contributed by atoms with van der Waals surface area (Å²) < 4.78 is 19.4. The number of carbonyl (C=O) groups is 4. The molecule has 3 aliphatic rings. The van der Waals surface area contributed by atoms with Crippen LogP contribution >= 0.6 is 0 Å². The van der Waals surface area contributed by atoms with Gasteiger partial charge in [0, 0.05) is 21.2 Å². The van der Waals surface area contributed by atoms with E-state index >= 15 is 0 Å². The zero-order valence-electron chi connectivity index (χ0n) is 15.7. The predicted octanol–water partition coefficient (Wildman–Crippen LogP) is 0.401. The number of fused-ring (bicyclic) bond motifs is 5. The van der Waals surface area contributed by atoms with Gasteiger partial charge in [0.1, 0.15) is 12.2 Å². The highest BCUT2D eigenvalue weighted by Gasteiger charge is 2.66. The lowest BCUT2D eigenvalue weighted by molar-refractivity contribution is -0.154. The van der Waals surface area contributed by atoms with E-state index in [1.54, 1.807) is 30.3 Å². The number of rotatable bonds is 5. The molecule has 1 N–H and O–H groups in total. The highest BCUT2D eigenvalue weighted by molar-refractivity contribution is 6.22. The van der Waals surface area contributed by atoms with Crippen LogP contribution in [0.2, 0.25) is 0 Å². The van der Waals surface area contributed by atoms with Crippen LogP contribution in [0.3, 0.4) is 0 Å². The van der Waals surface area contributed by atoms with Crippen LogP contribution in [0.15, 0.2) is 30.3 Å². The Morgan fingerprint density at radius 2 is 1.93 bits per heavy atom. The quantitative estimate of drug-likeness (QED) is 0.592. The Labute approximate surface area is 157 Å². The fraction of sp³-hybridized carbons (Fsp3) is 0.474. The summed E-state index contributed by atoms with van der Waals surface area (Å²) in [4.78, 5) is 50.3. The number of carbonyl (C=O) groups excluding carboxylic acids is 4. The maximum Gasteiger partial charge on any atom is 0.306 e. The molecule has 0 aliphatic carbocycles. The van der Waals surface area contributed by atoms with Crippen LogP contribution in [0.4, 0.5) is 5.69 Å². The lowest BCUT2D eigenvalue weighted by atomic mass is 9.79. The van der Waals surface area contributed by atoms with Crippen molar-refractivity contribution in [2.45, 2.75) is 37.6 Å². The molecule has 3 aliphatic heterocycles. The normalized spacial score (nSPS) is 34.4. The molecule has 4 rings (SSSR count). The van der Waals surface area contributed by atoms with Gasteiger partial charge in [-0.2, -0.15) is 0 Å². The predicted molar refractivity (Wildman–Crippen MR) is 92.4 cm³/mol. The first kappa shape index (κ1) is 16.4. The number of imide groups is 1. The first-order chi connectivity index (χ1) is 13.4. The van der Waals surface area contributed by atoms with Gasteiger partial charge in [-0.1, -0.05) is 18.2 Å². The summed E-state index contributed by atoms with van der Waals surface area (Å²) in [5.74, 6) is -3.20. The van der Waals surface area contributed by atoms with Gasteiger partial charge in [-0.3, -0.25) is 19.2 Å². The zero-order chi connectivity index (χ0) is 20.0. The number of ether oxygens (including phenoxy) is 2. The Morgan fingerprint density at radius 3 is 2.63 bits per heavy atom. The van der Waals surface area contributed by atoms with Crippen LogP contribution in [-0.2, 0) is 28.7 Å². The molecule has 8 heteroatoms. The molecular formula is C19H20N2O6. The number of nitrogens with zero attached hydrogens (tertiary/aromatic N) is 1. The molecule has 0 spiro atoms. The van der Waals surface area contributed by atoms with Gasteiger partial charge in [-0.15, -0.1) is 0 Å². The molecule has 1 aromatic carbocycles. The summed E-state index contributed by atoms with van der Waals surface area (Å²) in [7, 11) is 1.47. The van der Waals surface area contributed by atoms with Crippen LogP contribution in [0.1, 0.15) is 20.6 Å². The third kappa shape index (κ3) is 2.90. The second kappa shape index (κ2) is 6.77. The Hall–Kier alpha value is -2.74. The third-order valence-corrected chi connectivity index (χ3v) is 5.24. The Morgan fingerprint density at radius 1 is 1.22 bits per heavy atom. The van der Waals surface area contributed by atoms with Crippen molar-refractivity contribution in [1.29, 1.82) is 0 Å². The number of anilines is 1. The summed E-state index contributed by atoms with van der Waals surface area (Å²) in [5.41, 5.74) is 0.479. The molecule has 0 saturated carbocycles. The van der Waals surface area contributed by atoms with E-state index in [0.29, 0.717) is 5.69 Å². The fourth-order valence-corrected chi connectivity index (χ4v) is 3.99. The fourth-order valence-electron chi connectivity index (χ4n) is 3.99. The van der Waals surface area contributed by atoms with Gasteiger partial charge < -0.3 is 14.8 Å². The van der Waals surface area contributed by atoms with E-state index in [-0.39, 0.29) is 24.7 Å². The molecule has 6 atom stereocenters. The van der Waals surface area contributed by atoms with Crippen molar-refractivity contribution in [2.24, 2.45) is 11.8 Å². The molecule has 3 heterocycles. The molecule has 27 heavy (non-hydrogen) atoms. The smallest absolute Gasteiger partial charge is 0.306 e. The average molecular weight is 373 g/mol. The summed E-state index contributed by atoms with van der Waals surface area (Å²) in [6.45, 7) is 0. The number of hydrogen-bond acceptors (Lipinski definition) is 6.